The van der Waals surface area contributed by atoms with Crippen molar-refractivity contribution in [3.05, 3.63) is 17.2 Å². The van der Waals surface area contributed by atoms with Crippen molar-refractivity contribution in [2.24, 2.45) is 5.73 Å². The minimum atomic E-state index is -5.16. The minimum Gasteiger partial charge on any atom is -0.481 e. The summed E-state index contributed by atoms with van der Waals surface area (Å²) in [4.78, 5) is 3.18. The van der Waals surface area contributed by atoms with Gasteiger partial charge in [0.1, 0.15) is 0 Å². The number of hydrogen-bond donors (Lipinski definition) is 1. The Labute approximate surface area is 103 Å². The standard InChI is InChI=1S/C9H8F6N2O2/c1-18-7-4(3-16)5(8(10,11)12)2-6(17-7)19-9(13,14)15/h2H,3,16H2,1H3. The average molecular weight is 290 g/mol. The van der Waals surface area contributed by atoms with E-state index in [2.05, 4.69) is 14.5 Å². The number of nitrogens with two attached hydrogens (primary N) is 1. The Hall–Kier alpha value is -1.71. The summed E-state index contributed by atoms with van der Waals surface area (Å²) in [5.41, 5.74) is 3.18. The van der Waals surface area contributed by atoms with Gasteiger partial charge in [-0.3, -0.25) is 0 Å². The molecule has 0 bridgehead atoms. The van der Waals surface area contributed by atoms with Crippen molar-refractivity contribution in [2.75, 3.05) is 7.11 Å². The number of pyridine rings is 1. The van der Waals surface area contributed by atoms with E-state index in [0.717, 1.165) is 7.11 Å². The predicted molar refractivity (Wildman–Crippen MR) is 50.4 cm³/mol. The van der Waals surface area contributed by atoms with E-state index >= 15 is 0 Å². The van der Waals surface area contributed by atoms with E-state index in [9.17, 15) is 26.3 Å². The summed E-state index contributed by atoms with van der Waals surface area (Å²) in [5.74, 6) is -1.94. The smallest absolute Gasteiger partial charge is 0.481 e. The quantitative estimate of drug-likeness (QED) is 0.869. The molecule has 2 N–H and O–H groups in total. The monoisotopic (exact) mass is 290 g/mol. The summed E-state index contributed by atoms with van der Waals surface area (Å²) in [6, 6.07) is 0.123. The van der Waals surface area contributed by atoms with Gasteiger partial charge in [0.15, 0.2) is 0 Å². The first-order valence-electron chi connectivity index (χ1n) is 4.69. The van der Waals surface area contributed by atoms with Gasteiger partial charge < -0.3 is 15.2 Å². The summed E-state index contributed by atoms with van der Waals surface area (Å²) >= 11 is 0. The molecule has 0 aromatic carbocycles. The Bertz CT molecular complexity index is 457. The fourth-order valence-corrected chi connectivity index (χ4v) is 1.32. The van der Waals surface area contributed by atoms with Gasteiger partial charge in [0.05, 0.1) is 12.7 Å². The van der Waals surface area contributed by atoms with Crippen LogP contribution in [0.3, 0.4) is 0 Å². The van der Waals surface area contributed by atoms with E-state index in [0.29, 0.717) is 0 Å². The number of alkyl halides is 6. The van der Waals surface area contributed by atoms with Crippen LogP contribution < -0.4 is 15.2 Å². The van der Waals surface area contributed by atoms with Gasteiger partial charge in [0.2, 0.25) is 11.8 Å². The molecule has 0 radical (unpaired) electrons. The zero-order chi connectivity index (χ0) is 14.8. The lowest BCUT2D eigenvalue weighted by Crippen LogP contribution is -2.20. The molecule has 0 spiro atoms. The maximum absolute atomic E-state index is 12.7. The molecular formula is C9H8F6N2O2. The second-order valence-corrected chi connectivity index (χ2v) is 3.25. The van der Waals surface area contributed by atoms with Crippen LogP contribution in [0, 0.1) is 0 Å². The van der Waals surface area contributed by atoms with E-state index in [1.807, 2.05) is 0 Å². The third-order valence-electron chi connectivity index (χ3n) is 1.99. The van der Waals surface area contributed by atoms with Crippen molar-refractivity contribution in [3.8, 4) is 11.8 Å². The van der Waals surface area contributed by atoms with Crippen LogP contribution in [0.4, 0.5) is 26.3 Å². The van der Waals surface area contributed by atoms with Crippen LogP contribution in [0.1, 0.15) is 11.1 Å². The molecule has 0 atom stereocenters. The van der Waals surface area contributed by atoms with Gasteiger partial charge in [-0.05, 0) is 0 Å². The van der Waals surface area contributed by atoms with Crippen molar-refractivity contribution >= 4 is 0 Å². The minimum absolute atomic E-state index is 0.123. The third kappa shape index (κ3) is 3.88. The number of ether oxygens (including phenoxy) is 2. The van der Waals surface area contributed by atoms with Crippen molar-refractivity contribution in [3.63, 3.8) is 0 Å². The first-order valence-corrected chi connectivity index (χ1v) is 4.69. The molecule has 10 heteroatoms. The first-order chi connectivity index (χ1) is 8.58. The van der Waals surface area contributed by atoms with Crippen molar-refractivity contribution in [2.45, 2.75) is 19.1 Å². The van der Waals surface area contributed by atoms with E-state index in [-0.39, 0.29) is 6.07 Å². The molecule has 0 aliphatic heterocycles. The normalized spacial score (nSPS) is 12.4. The molecule has 1 rings (SSSR count). The van der Waals surface area contributed by atoms with Crippen LogP contribution in [-0.2, 0) is 12.7 Å². The van der Waals surface area contributed by atoms with E-state index < -0.39 is 42.0 Å². The van der Waals surface area contributed by atoms with Crippen molar-refractivity contribution in [1.29, 1.82) is 0 Å². The number of nitrogens with zero attached hydrogens (tertiary/aromatic N) is 1. The van der Waals surface area contributed by atoms with Gasteiger partial charge in [-0.15, -0.1) is 13.2 Å². The zero-order valence-corrected chi connectivity index (χ0v) is 9.39. The summed E-state index contributed by atoms with van der Waals surface area (Å²) in [7, 11) is 0.957. The highest BCUT2D eigenvalue weighted by atomic mass is 19.4. The van der Waals surface area contributed by atoms with Crippen LogP contribution >= 0.6 is 0 Å². The largest absolute Gasteiger partial charge is 0.574 e. The Morgan fingerprint density at radius 1 is 1.21 bits per heavy atom. The van der Waals surface area contributed by atoms with E-state index in [1.54, 1.807) is 0 Å². The average Bonchev–Trinajstić information content (AvgIpc) is 2.24. The van der Waals surface area contributed by atoms with Crippen molar-refractivity contribution in [1.82, 2.24) is 4.98 Å². The molecule has 0 unspecified atom stereocenters. The SMILES string of the molecule is COc1nc(OC(F)(F)F)cc(C(F)(F)F)c1CN. The fraction of sp³-hybridized carbons (Fsp3) is 0.444. The van der Waals surface area contributed by atoms with Gasteiger partial charge in [-0.25, -0.2) is 0 Å². The molecule has 108 valence electrons. The summed E-state index contributed by atoms with van der Waals surface area (Å²) in [5, 5.41) is 0. The molecule has 0 saturated heterocycles. The van der Waals surface area contributed by atoms with E-state index in [1.165, 1.54) is 0 Å². The lowest BCUT2D eigenvalue weighted by atomic mass is 10.1. The number of aromatic nitrogens is 1. The Morgan fingerprint density at radius 2 is 1.79 bits per heavy atom. The molecular weight excluding hydrogens is 282 g/mol. The second-order valence-electron chi connectivity index (χ2n) is 3.25. The molecule has 1 aromatic heterocycles. The van der Waals surface area contributed by atoms with Gasteiger partial charge >= 0.3 is 12.5 Å². The van der Waals surface area contributed by atoms with Crippen LogP contribution in [-0.4, -0.2) is 18.5 Å². The predicted octanol–water partition coefficient (Wildman–Crippen LogP) is 2.47. The molecule has 0 aliphatic carbocycles. The summed E-state index contributed by atoms with van der Waals surface area (Å²) in [6.45, 7) is -0.600. The molecule has 1 aromatic rings. The van der Waals surface area contributed by atoms with Crippen LogP contribution in [0.25, 0.3) is 0 Å². The Morgan fingerprint density at radius 3 is 2.16 bits per heavy atom. The molecule has 0 saturated carbocycles. The van der Waals surface area contributed by atoms with Gasteiger partial charge in [-0.1, -0.05) is 0 Å². The Kier molecular flexibility index (Phi) is 4.13. The Balaban J connectivity index is 3.39. The molecule has 19 heavy (non-hydrogen) atoms. The van der Waals surface area contributed by atoms with Crippen LogP contribution in [0.2, 0.25) is 0 Å². The van der Waals surface area contributed by atoms with Crippen LogP contribution in [0.5, 0.6) is 11.8 Å². The maximum Gasteiger partial charge on any atom is 0.574 e. The number of rotatable bonds is 3. The lowest BCUT2D eigenvalue weighted by molar-refractivity contribution is -0.276. The van der Waals surface area contributed by atoms with Crippen LogP contribution in [0.15, 0.2) is 6.07 Å². The molecule has 0 fully saturated rings. The highest BCUT2D eigenvalue weighted by Gasteiger charge is 2.38. The molecule has 4 nitrogen and oxygen atoms in total. The van der Waals surface area contributed by atoms with Gasteiger partial charge in [-0.2, -0.15) is 18.2 Å². The maximum atomic E-state index is 12.7. The molecule has 1 heterocycles. The highest BCUT2D eigenvalue weighted by molar-refractivity contribution is 5.40. The molecule has 0 aliphatic rings. The van der Waals surface area contributed by atoms with Gasteiger partial charge in [0.25, 0.3) is 0 Å². The third-order valence-corrected chi connectivity index (χ3v) is 1.99. The second kappa shape index (κ2) is 5.11. The lowest BCUT2D eigenvalue weighted by Gasteiger charge is -2.16. The highest BCUT2D eigenvalue weighted by Crippen LogP contribution is 2.38. The summed E-state index contributed by atoms with van der Waals surface area (Å²) < 4.78 is 81.8. The van der Waals surface area contributed by atoms with E-state index in [4.69, 9.17) is 5.73 Å². The van der Waals surface area contributed by atoms with Crippen molar-refractivity contribution < 1.29 is 35.8 Å². The number of hydrogen-bond acceptors (Lipinski definition) is 4. The first kappa shape index (κ1) is 15.3. The topological polar surface area (TPSA) is 57.4 Å². The number of halogens is 6. The summed E-state index contributed by atoms with van der Waals surface area (Å²) in [6.07, 6.45) is -10.1. The molecule has 0 amide bonds. The fourth-order valence-electron chi connectivity index (χ4n) is 1.32. The number of methoxy groups -OCH3 is 1. The zero-order valence-electron chi connectivity index (χ0n) is 9.39. The van der Waals surface area contributed by atoms with Gasteiger partial charge in [0, 0.05) is 18.2 Å².